The van der Waals surface area contributed by atoms with E-state index in [9.17, 15) is 14.9 Å². The van der Waals surface area contributed by atoms with Crippen molar-refractivity contribution in [3.63, 3.8) is 0 Å². The molecule has 0 aliphatic heterocycles. The third-order valence-electron chi connectivity index (χ3n) is 2.32. The zero-order valence-electron chi connectivity index (χ0n) is 11.6. The zero-order chi connectivity index (χ0) is 15.3. The van der Waals surface area contributed by atoms with Crippen molar-refractivity contribution in [3.8, 4) is 0 Å². The fourth-order valence-corrected chi connectivity index (χ4v) is 1.55. The van der Waals surface area contributed by atoms with E-state index in [1.807, 2.05) is 0 Å². The minimum absolute atomic E-state index is 0.0643. The Morgan fingerprint density at radius 2 is 1.80 bits per heavy atom. The molecule has 0 aliphatic rings. The second kappa shape index (κ2) is 6.97. The van der Waals surface area contributed by atoms with Crippen LogP contribution in [-0.4, -0.2) is 23.2 Å². The summed E-state index contributed by atoms with van der Waals surface area (Å²) >= 11 is 0. The van der Waals surface area contributed by atoms with Gasteiger partial charge in [-0.3, -0.25) is 10.1 Å². The van der Waals surface area contributed by atoms with Gasteiger partial charge < -0.3 is 15.2 Å². The first kappa shape index (κ1) is 16.1. The maximum atomic E-state index is 12.0. The first-order chi connectivity index (χ1) is 9.31. The summed E-state index contributed by atoms with van der Waals surface area (Å²) in [6.07, 6.45) is -1.96. The van der Waals surface area contributed by atoms with Gasteiger partial charge in [0.15, 0.2) is 6.10 Å². The number of hydrogen-bond acceptors (Lipinski definition) is 6. The van der Waals surface area contributed by atoms with Crippen molar-refractivity contribution in [1.82, 2.24) is 0 Å². The van der Waals surface area contributed by atoms with Gasteiger partial charge in [0.05, 0.1) is 11.0 Å². The number of nitrogens with two attached hydrogens (primary N) is 1. The van der Waals surface area contributed by atoms with E-state index in [4.69, 9.17) is 15.2 Å². The number of carbonyl (C=O) groups excluding carboxylic acids is 1. The molecule has 0 spiro atoms. The van der Waals surface area contributed by atoms with Crippen molar-refractivity contribution in [2.24, 2.45) is 5.73 Å². The van der Waals surface area contributed by atoms with E-state index in [-0.39, 0.29) is 11.8 Å². The third-order valence-corrected chi connectivity index (χ3v) is 2.32. The van der Waals surface area contributed by atoms with Crippen LogP contribution in [0, 0.1) is 10.1 Å². The number of non-ortho nitro benzene ring substituents is 1. The Morgan fingerprint density at radius 3 is 2.20 bits per heavy atom. The van der Waals surface area contributed by atoms with E-state index in [2.05, 4.69) is 0 Å². The molecule has 0 saturated heterocycles. The zero-order valence-corrected chi connectivity index (χ0v) is 11.6. The highest BCUT2D eigenvalue weighted by atomic mass is 16.6. The molecule has 110 valence electrons. The average Bonchev–Trinajstić information content (AvgIpc) is 2.35. The van der Waals surface area contributed by atoms with Gasteiger partial charge in [-0.25, -0.2) is 4.79 Å². The number of benzene rings is 1. The lowest BCUT2D eigenvalue weighted by molar-refractivity contribution is -0.384. The fraction of sp³-hybridized carbons (Fsp3) is 0.462. The van der Waals surface area contributed by atoms with Crippen molar-refractivity contribution in [1.29, 1.82) is 0 Å². The van der Waals surface area contributed by atoms with Crippen LogP contribution in [0.4, 0.5) is 5.69 Å². The molecule has 0 saturated carbocycles. The lowest BCUT2D eigenvalue weighted by Gasteiger charge is -2.20. The summed E-state index contributed by atoms with van der Waals surface area (Å²) in [5.74, 6) is -0.578. The van der Waals surface area contributed by atoms with Gasteiger partial charge in [-0.05, 0) is 38.5 Å². The Morgan fingerprint density at radius 1 is 1.25 bits per heavy atom. The molecule has 0 heterocycles. The highest BCUT2D eigenvalue weighted by Gasteiger charge is 2.25. The Hall–Kier alpha value is -1.99. The average molecular weight is 282 g/mol. The smallest absolute Gasteiger partial charge is 0.340 e. The van der Waals surface area contributed by atoms with Gasteiger partial charge in [0.25, 0.3) is 5.69 Å². The first-order valence-corrected chi connectivity index (χ1v) is 6.17. The number of esters is 1. The number of nitro benzene ring substituents is 1. The molecule has 2 N–H and O–H groups in total. The molecule has 7 nitrogen and oxygen atoms in total. The predicted octanol–water partition coefficient (Wildman–Crippen LogP) is 1.91. The minimum Gasteiger partial charge on any atom is -0.461 e. The Balaban J connectivity index is 2.97. The minimum atomic E-state index is -1.00. The van der Waals surface area contributed by atoms with E-state index in [0.29, 0.717) is 5.56 Å². The number of carbonyl (C=O) groups is 1. The Kier molecular flexibility index (Phi) is 5.60. The number of nitrogens with zero attached hydrogens (tertiary/aromatic N) is 1. The standard InChI is InChI=1S/C13H18N2O5/c1-8(2)19-13(16)12(20-9(3)14)10-4-6-11(7-5-10)15(17)18/h4-9,12H,14H2,1-3H3. The van der Waals surface area contributed by atoms with Gasteiger partial charge >= 0.3 is 5.97 Å². The van der Waals surface area contributed by atoms with E-state index in [0.717, 1.165) is 0 Å². The van der Waals surface area contributed by atoms with Crippen molar-refractivity contribution >= 4 is 11.7 Å². The molecule has 20 heavy (non-hydrogen) atoms. The van der Waals surface area contributed by atoms with Crippen molar-refractivity contribution in [2.75, 3.05) is 0 Å². The van der Waals surface area contributed by atoms with Gasteiger partial charge in [-0.2, -0.15) is 0 Å². The van der Waals surface area contributed by atoms with Gasteiger partial charge in [0.1, 0.15) is 6.23 Å². The Labute approximate surface area is 116 Å². The maximum absolute atomic E-state index is 12.0. The van der Waals surface area contributed by atoms with Crippen LogP contribution in [0.5, 0.6) is 0 Å². The lowest BCUT2D eigenvalue weighted by atomic mass is 10.1. The molecule has 1 aromatic rings. The summed E-state index contributed by atoms with van der Waals surface area (Å²) < 4.78 is 10.4. The number of nitro groups is 1. The molecule has 2 unspecified atom stereocenters. The van der Waals surface area contributed by atoms with Crippen LogP contribution < -0.4 is 5.73 Å². The lowest BCUT2D eigenvalue weighted by Crippen LogP contribution is -2.29. The van der Waals surface area contributed by atoms with Crippen LogP contribution in [0.1, 0.15) is 32.4 Å². The van der Waals surface area contributed by atoms with Crippen molar-refractivity contribution < 1.29 is 19.2 Å². The van der Waals surface area contributed by atoms with E-state index in [1.54, 1.807) is 20.8 Å². The SMILES string of the molecule is CC(C)OC(=O)C(OC(C)N)c1ccc([N+](=O)[O-])cc1. The van der Waals surface area contributed by atoms with Crippen molar-refractivity contribution in [2.45, 2.75) is 39.2 Å². The predicted molar refractivity (Wildman–Crippen MR) is 71.8 cm³/mol. The van der Waals surface area contributed by atoms with Crippen molar-refractivity contribution in [3.05, 3.63) is 39.9 Å². The number of hydrogen-bond donors (Lipinski definition) is 1. The summed E-state index contributed by atoms with van der Waals surface area (Å²) in [5, 5.41) is 10.6. The molecular formula is C13H18N2O5. The van der Waals surface area contributed by atoms with E-state index in [1.165, 1.54) is 24.3 Å². The maximum Gasteiger partial charge on any atom is 0.340 e. The number of ether oxygens (including phenoxy) is 2. The second-order valence-corrected chi connectivity index (χ2v) is 4.56. The summed E-state index contributed by atoms with van der Waals surface area (Å²) in [6.45, 7) is 5.02. The Bertz CT molecular complexity index is 470. The molecule has 0 radical (unpaired) electrons. The van der Waals surface area contributed by atoms with Crippen LogP contribution in [0.3, 0.4) is 0 Å². The van der Waals surface area contributed by atoms with E-state index >= 15 is 0 Å². The molecule has 0 fully saturated rings. The molecule has 2 atom stereocenters. The first-order valence-electron chi connectivity index (χ1n) is 6.17. The number of rotatable bonds is 6. The van der Waals surface area contributed by atoms with Gasteiger partial charge in [0.2, 0.25) is 0 Å². The molecule has 0 aromatic heterocycles. The fourth-order valence-electron chi connectivity index (χ4n) is 1.55. The molecule has 1 rings (SSSR count). The van der Waals surface area contributed by atoms with Gasteiger partial charge in [-0.15, -0.1) is 0 Å². The summed E-state index contributed by atoms with van der Waals surface area (Å²) in [5.41, 5.74) is 5.93. The highest BCUT2D eigenvalue weighted by Crippen LogP contribution is 2.23. The van der Waals surface area contributed by atoms with Crippen LogP contribution in [0.25, 0.3) is 0 Å². The van der Waals surface area contributed by atoms with Crippen LogP contribution in [-0.2, 0) is 14.3 Å². The normalized spacial score (nSPS) is 13.8. The summed E-state index contributed by atoms with van der Waals surface area (Å²) in [4.78, 5) is 22.1. The van der Waals surface area contributed by atoms with Crippen LogP contribution in [0.15, 0.2) is 24.3 Å². The molecule has 1 aromatic carbocycles. The van der Waals surface area contributed by atoms with Crippen LogP contribution in [0.2, 0.25) is 0 Å². The molecule has 7 heteroatoms. The van der Waals surface area contributed by atoms with Gasteiger partial charge in [0, 0.05) is 12.1 Å². The second-order valence-electron chi connectivity index (χ2n) is 4.56. The monoisotopic (exact) mass is 282 g/mol. The quantitative estimate of drug-likeness (QED) is 0.370. The van der Waals surface area contributed by atoms with Crippen LogP contribution >= 0.6 is 0 Å². The van der Waals surface area contributed by atoms with Gasteiger partial charge in [-0.1, -0.05) is 0 Å². The molecule has 0 aliphatic carbocycles. The highest BCUT2D eigenvalue weighted by molar-refractivity contribution is 5.76. The molecular weight excluding hydrogens is 264 g/mol. The topological polar surface area (TPSA) is 105 Å². The van der Waals surface area contributed by atoms with E-state index < -0.39 is 23.2 Å². The molecule has 0 amide bonds. The molecule has 0 bridgehead atoms. The summed E-state index contributed by atoms with van der Waals surface area (Å²) in [7, 11) is 0. The largest absolute Gasteiger partial charge is 0.461 e. The third kappa shape index (κ3) is 4.60. The summed E-state index contributed by atoms with van der Waals surface area (Å²) in [6, 6.07) is 5.50.